The van der Waals surface area contributed by atoms with Gasteiger partial charge in [-0.15, -0.1) is 0 Å². The van der Waals surface area contributed by atoms with Gasteiger partial charge in [-0.1, -0.05) is 88.6 Å². The summed E-state index contributed by atoms with van der Waals surface area (Å²) in [6, 6.07) is 7.31. The fourth-order valence-electron chi connectivity index (χ4n) is 4.58. The Kier molecular flexibility index (Phi) is 15.4. The van der Waals surface area contributed by atoms with Crippen LogP contribution in [-0.4, -0.2) is 29.5 Å². The number of hydrogen-bond donors (Lipinski definition) is 2. The molecule has 0 aliphatic rings. The number of rotatable bonds is 20. The largest absolute Gasteiger partial charge is 0.464 e. The number of ether oxygens (including phenoxy) is 1. The number of unbranched alkanes of at least 4 members (excludes halogenated alkanes) is 11. The quantitative estimate of drug-likeness (QED) is 0.112. The lowest BCUT2D eigenvalue weighted by atomic mass is 10.0. The summed E-state index contributed by atoms with van der Waals surface area (Å²) in [6.07, 6.45) is 23.4. The highest BCUT2D eigenvalue weighted by atomic mass is 16.5. The lowest BCUT2D eigenvalue weighted by Crippen LogP contribution is -2.43. The van der Waals surface area contributed by atoms with Crippen LogP contribution in [0.15, 0.2) is 42.6 Å². The van der Waals surface area contributed by atoms with E-state index < -0.39 is 6.04 Å². The first-order valence-corrected chi connectivity index (χ1v) is 14.3. The standard InChI is InChI=1S/C31H48N2O3/c1-3-5-6-7-8-9-10-11-12-13-14-15-16-17-18-23-30(34)33-29(31(35)36-4-2)24-26-25-32-28-22-20-19-21-27(26)28/h11-12,19-22,25,29,32H,3-10,13-18,23-24H2,1-2H3,(H,33,34)/b12-11+/t29-/m1/s1. The molecule has 0 aliphatic heterocycles. The van der Waals surface area contributed by atoms with Crippen LogP contribution in [0.3, 0.4) is 0 Å². The number of allylic oxidation sites excluding steroid dienone is 2. The van der Waals surface area contributed by atoms with E-state index in [4.69, 9.17) is 4.74 Å². The van der Waals surface area contributed by atoms with Gasteiger partial charge < -0.3 is 15.0 Å². The summed E-state index contributed by atoms with van der Waals surface area (Å²) < 4.78 is 5.23. The maximum absolute atomic E-state index is 12.6. The zero-order valence-electron chi connectivity index (χ0n) is 22.7. The topological polar surface area (TPSA) is 71.2 Å². The molecule has 0 aliphatic carbocycles. The van der Waals surface area contributed by atoms with Crippen molar-refractivity contribution < 1.29 is 14.3 Å². The molecule has 0 saturated heterocycles. The Labute approximate surface area is 218 Å². The second-order valence-electron chi connectivity index (χ2n) is 9.77. The van der Waals surface area contributed by atoms with Crippen LogP contribution in [0.25, 0.3) is 10.9 Å². The second-order valence-corrected chi connectivity index (χ2v) is 9.77. The van der Waals surface area contributed by atoms with E-state index in [0.717, 1.165) is 42.1 Å². The van der Waals surface area contributed by atoms with E-state index in [2.05, 4.69) is 29.4 Å². The van der Waals surface area contributed by atoms with Crippen molar-refractivity contribution in [3.05, 3.63) is 48.2 Å². The highest BCUT2D eigenvalue weighted by Crippen LogP contribution is 2.19. The van der Waals surface area contributed by atoms with Crippen molar-refractivity contribution >= 4 is 22.8 Å². The Morgan fingerprint density at radius 1 is 0.889 bits per heavy atom. The molecule has 0 fully saturated rings. The summed E-state index contributed by atoms with van der Waals surface area (Å²) in [5.74, 6) is -0.453. The average molecular weight is 497 g/mol. The molecule has 0 radical (unpaired) electrons. The van der Waals surface area contributed by atoms with Gasteiger partial charge in [0.15, 0.2) is 0 Å². The van der Waals surface area contributed by atoms with Gasteiger partial charge >= 0.3 is 5.97 Å². The Morgan fingerprint density at radius 2 is 1.53 bits per heavy atom. The average Bonchev–Trinajstić information content (AvgIpc) is 3.29. The minimum atomic E-state index is -0.667. The van der Waals surface area contributed by atoms with Crippen LogP contribution in [0.1, 0.15) is 109 Å². The van der Waals surface area contributed by atoms with Gasteiger partial charge in [-0.3, -0.25) is 4.79 Å². The molecule has 1 heterocycles. The summed E-state index contributed by atoms with van der Waals surface area (Å²) in [4.78, 5) is 28.3. The molecule has 1 aromatic heterocycles. The molecule has 5 nitrogen and oxygen atoms in total. The number of H-pyrrole nitrogens is 1. The van der Waals surface area contributed by atoms with Crippen molar-refractivity contribution in [3.8, 4) is 0 Å². The van der Waals surface area contributed by atoms with Gasteiger partial charge in [-0.05, 0) is 50.7 Å². The highest BCUT2D eigenvalue weighted by Gasteiger charge is 2.23. The fraction of sp³-hybridized carbons (Fsp3) is 0.613. The van der Waals surface area contributed by atoms with E-state index in [1.807, 2.05) is 30.5 Å². The van der Waals surface area contributed by atoms with Crippen LogP contribution in [0.4, 0.5) is 0 Å². The molecule has 5 heteroatoms. The predicted molar refractivity (Wildman–Crippen MR) is 150 cm³/mol. The number of carbonyl (C=O) groups is 2. The van der Waals surface area contributed by atoms with Crippen LogP contribution < -0.4 is 5.32 Å². The number of hydrogen-bond acceptors (Lipinski definition) is 3. The smallest absolute Gasteiger partial charge is 0.328 e. The third kappa shape index (κ3) is 11.9. The van der Waals surface area contributed by atoms with Gasteiger partial charge in [0.25, 0.3) is 0 Å². The van der Waals surface area contributed by atoms with E-state index in [1.165, 1.54) is 57.8 Å². The van der Waals surface area contributed by atoms with E-state index in [9.17, 15) is 9.59 Å². The van der Waals surface area contributed by atoms with Gasteiger partial charge in [0.2, 0.25) is 5.91 Å². The second kappa shape index (κ2) is 18.7. The maximum Gasteiger partial charge on any atom is 0.328 e. The van der Waals surface area contributed by atoms with Gasteiger partial charge in [0.1, 0.15) is 6.04 Å². The number of fused-ring (bicyclic) bond motifs is 1. The number of para-hydroxylation sites is 1. The minimum Gasteiger partial charge on any atom is -0.464 e. The van der Waals surface area contributed by atoms with E-state index in [-0.39, 0.29) is 11.9 Å². The lowest BCUT2D eigenvalue weighted by Gasteiger charge is -2.17. The molecule has 0 unspecified atom stereocenters. The number of carbonyl (C=O) groups excluding carboxylic acids is 2. The predicted octanol–water partition coefficient (Wildman–Crippen LogP) is 7.80. The first kappa shape index (κ1) is 29.7. The summed E-state index contributed by atoms with van der Waals surface area (Å²) in [5, 5.41) is 3.99. The maximum atomic E-state index is 12.6. The van der Waals surface area contributed by atoms with Gasteiger partial charge in [0, 0.05) is 29.9 Å². The number of nitrogens with one attached hydrogen (secondary N) is 2. The third-order valence-electron chi connectivity index (χ3n) is 6.67. The number of aromatic nitrogens is 1. The Bertz CT molecular complexity index is 902. The van der Waals surface area contributed by atoms with Crippen LogP contribution in [0, 0.1) is 0 Å². The minimum absolute atomic E-state index is 0.0782. The molecule has 200 valence electrons. The lowest BCUT2D eigenvalue weighted by molar-refractivity contribution is -0.147. The number of benzene rings is 1. The highest BCUT2D eigenvalue weighted by molar-refractivity contribution is 5.87. The van der Waals surface area contributed by atoms with Gasteiger partial charge in [0.05, 0.1) is 6.61 Å². The van der Waals surface area contributed by atoms with Crippen molar-refractivity contribution in [2.24, 2.45) is 0 Å². The normalized spacial score (nSPS) is 12.3. The molecule has 1 aromatic carbocycles. The van der Waals surface area contributed by atoms with Crippen LogP contribution >= 0.6 is 0 Å². The Balaban J connectivity index is 1.59. The number of amides is 1. The molecule has 1 atom stereocenters. The Hall–Kier alpha value is -2.56. The van der Waals surface area contributed by atoms with Crippen molar-refractivity contribution in [1.29, 1.82) is 0 Å². The molecular weight excluding hydrogens is 448 g/mol. The Morgan fingerprint density at radius 3 is 2.22 bits per heavy atom. The summed E-state index contributed by atoms with van der Waals surface area (Å²) in [5.41, 5.74) is 2.03. The summed E-state index contributed by atoms with van der Waals surface area (Å²) in [7, 11) is 0. The molecule has 0 spiro atoms. The van der Waals surface area contributed by atoms with Crippen molar-refractivity contribution in [2.45, 2.75) is 116 Å². The first-order chi connectivity index (χ1) is 17.7. The zero-order chi connectivity index (χ0) is 25.8. The molecule has 36 heavy (non-hydrogen) atoms. The number of esters is 1. The van der Waals surface area contributed by atoms with E-state index in [0.29, 0.717) is 19.4 Å². The van der Waals surface area contributed by atoms with Gasteiger partial charge in [-0.25, -0.2) is 4.79 Å². The third-order valence-corrected chi connectivity index (χ3v) is 6.67. The fourth-order valence-corrected chi connectivity index (χ4v) is 4.58. The van der Waals surface area contributed by atoms with Crippen molar-refractivity contribution in [2.75, 3.05) is 6.61 Å². The van der Waals surface area contributed by atoms with Crippen LogP contribution in [0.2, 0.25) is 0 Å². The van der Waals surface area contributed by atoms with Crippen molar-refractivity contribution in [1.82, 2.24) is 10.3 Å². The monoisotopic (exact) mass is 496 g/mol. The molecule has 2 aromatic rings. The molecule has 1 amide bonds. The molecule has 2 N–H and O–H groups in total. The number of aromatic amines is 1. The summed E-state index contributed by atoms with van der Waals surface area (Å²) >= 11 is 0. The SMILES string of the molecule is CCCCCCCC/C=C/CCCCCCCC(=O)N[C@H](Cc1c[nH]c2ccccc12)C(=O)OCC. The van der Waals surface area contributed by atoms with Crippen LogP contribution in [0.5, 0.6) is 0 Å². The first-order valence-electron chi connectivity index (χ1n) is 14.3. The summed E-state index contributed by atoms with van der Waals surface area (Å²) in [6.45, 7) is 4.35. The van der Waals surface area contributed by atoms with Crippen molar-refractivity contribution in [3.63, 3.8) is 0 Å². The van der Waals surface area contributed by atoms with E-state index >= 15 is 0 Å². The van der Waals surface area contributed by atoms with Crippen LogP contribution in [-0.2, 0) is 20.7 Å². The van der Waals surface area contributed by atoms with E-state index in [1.54, 1.807) is 6.92 Å². The van der Waals surface area contributed by atoms with Gasteiger partial charge in [-0.2, -0.15) is 0 Å². The molecular formula is C31H48N2O3. The zero-order valence-corrected chi connectivity index (χ0v) is 22.7. The molecule has 0 bridgehead atoms. The molecule has 0 saturated carbocycles. The molecule has 2 rings (SSSR count).